The molecule has 3 heterocycles. The lowest BCUT2D eigenvalue weighted by Crippen LogP contribution is -2.42. The molecule has 172 valence electrons. The van der Waals surface area contributed by atoms with Crippen molar-refractivity contribution in [1.29, 1.82) is 0 Å². The number of piperidine rings is 1. The standard InChI is InChI=1S/C24H31N3O4S/c1-31-20-16-19(25-11-7-4-8-12-25)10-9-18(20)15-21-23(29)27(24(30)32-21)17-22(28)26-13-5-2-3-6-14-26/h9-10,15-16H,2-8,11-14,17H2,1H3. The highest BCUT2D eigenvalue weighted by molar-refractivity contribution is 8.18. The van der Waals surface area contributed by atoms with Gasteiger partial charge in [0.05, 0.1) is 12.0 Å². The van der Waals surface area contributed by atoms with Crippen LogP contribution < -0.4 is 9.64 Å². The molecular weight excluding hydrogens is 426 g/mol. The number of imide groups is 1. The van der Waals surface area contributed by atoms with Gasteiger partial charge in [0, 0.05) is 43.5 Å². The average Bonchev–Trinajstić information content (AvgIpc) is 3.00. The molecule has 3 saturated heterocycles. The van der Waals surface area contributed by atoms with Gasteiger partial charge in [-0.25, -0.2) is 0 Å². The molecule has 0 radical (unpaired) electrons. The van der Waals surface area contributed by atoms with E-state index in [2.05, 4.69) is 4.90 Å². The summed E-state index contributed by atoms with van der Waals surface area (Å²) in [7, 11) is 1.61. The number of benzene rings is 1. The van der Waals surface area contributed by atoms with Crippen LogP contribution in [0.2, 0.25) is 0 Å². The van der Waals surface area contributed by atoms with E-state index in [-0.39, 0.29) is 12.5 Å². The average molecular weight is 458 g/mol. The van der Waals surface area contributed by atoms with E-state index in [9.17, 15) is 14.4 Å². The van der Waals surface area contributed by atoms with Gasteiger partial charge in [-0.15, -0.1) is 0 Å². The molecule has 3 aliphatic rings. The van der Waals surface area contributed by atoms with Crippen molar-refractivity contribution >= 4 is 40.6 Å². The molecule has 0 unspecified atom stereocenters. The number of methoxy groups -OCH3 is 1. The third kappa shape index (κ3) is 5.11. The smallest absolute Gasteiger partial charge is 0.294 e. The second kappa shape index (κ2) is 10.4. The van der Waals surface area contributed by atoms with Crippen molar-refractivity contribution in [1.82, 2.24) is 9.80 Å². The molecule has 0 spiro atoms. The number of amides is 3. The monoisotopic (exact) mass is 457 g/mol. The van der Waals surface area contributed by atoms with Crippen molar-refractivity contribution in [2.45, 2.75) is 44.9 Å². The lowest BCUT2D eigenvalue weighted by Gasteiger charge is -2.29. The molecule has 8 heteroatoms. The number of carbonyl (C=O) groups is 3. The summed E-state index contributed by atoms with van der Waals surface area (Å²) >= 11 is 0.883. The molecule has 0 N–H and O–H groups in total. The van der Waals surface area contributed by atoms with Gasteiger partial charge in [0.1, 0.15) is 12.3 Å². The van der Waals surface area contributed by atoms with E-state index in [4.69, 9.17) is 4.74 Å². The normalized spacial score (nSPS) is 21.3. The number of ether oxygens (including phenoxy) is 1. The Morgan fingerprint density at radius 3 is 2.34 bits per heavy atom. The number of hydrogen-bond donors (Lipinski definition) is 0. The lowest BCUT2D eigenvalue weighted by molar-refractivity contribution is -0.135. The van der Waals surface area contributed by atoms with E-state index in [1.807, 2.05) is 18.2 Å². The number of likely N-dealkylation sites (tertiary alicyclic amines) is 1. The van der Waals surface area contributed by atoms with Crippen molar-refractivity contribution in [3.8, 4) is 5.75 Å². The summed E-state index contributed by atoms with van der Waals surface area (Å²) < 4.78 is 5.58. The lowest BCUT2D eigenvalue weighted by atomic mass is 10.1. The molecule has 0 aromatic heterocycles. The fraction of sp³-hybridized carbons (Fsp3) is 0.542. The van der Waals surface area contributed by atoms with Crippen LogP contribution in [0.3, 0.4) is 0 Å². The fourth-order valence-corrected chi connectivity index (χ4v) is 5.33. The van der Waals surface area contributed by atoms with Crippen LogP contribution in [-0.2, 0) is 9.59 Å². The third-order valence-corrected chi connectivity index (χ3v) is 7.26. The Morgan fingerprint density at radius 2 is 1.66 bits per heavy atom. The topological polar surface area (TPSA) is 70.2 Å². The highest BCUT2D eigenvalue weighted by atomic mass is 32.2. The predicted molar refractivity (Wildman–Crippen MR) is 127 cm³/mol. The zero-order chi connectivity index (χ0) is 22.5. The first-order chi connectivity index (χ1) is 15.6. The summed E-state index contributed by atoms with van der Waals surface area (Å²) in [6.45, 7) is 3.28. The number of nitrogens with zero attached hydrogens (tertiary/aromatic N) is 3. The molecular formula is C24H31N3O4S. The first kappa shape index (κ1) is 22.7. The van der Waals surface area contributed by atoms with Crippen molar-refractivity contribution in [3.63, 3.8) is 0 Å². The zero-order valence-corrected chi connectivity index (χ0v) is 19.5. The largest absolute Gasteiger partial charge is 0.496 e. The minimum Gasteiger partial charge on any atom is -0.496 e. The van der Waals surface area contributed by atoms with E-state index in [0.29, 0.717) is 23.7 Å². The van der Waals surface area contributed by atoms with E-state index in [1.165, 1.54) is 19.3 Å². The molecule has 3 aliphatic heterocycles. The number of rotatable bonds is 5. The van der Waals surface area contributed by atoms with Crippen molar-refractivity contribution in [2.75, 3.05) is 44.7 Å². The van der Waals surface area contributed by atoms with Gasteiger partial charge in [0.2, 0.25) is 5.91 Å². The molecule has 0 atom stereocenters. The van der Waals surface area contributed by atoms with Gasteiger partial charge >= 0.3 is 0 Å². The van der Waals surface area contributed by atoms with Crippen molar-refractivity contribution in [3.05, 3.63) is 28.7 Å². The van der Waals surface area contributed by atoms with E-state index in [0.717, 1.165) is 66.7 Å². The van der Waals surface area contributed by atoms with Gasteiger partial charge in [-0.3, -0.25) is 19.3 Å². The summed E-state index contributed by atoms with van der Waals surface area (Å²) in [6.07, 6.45) is 9.52. The van der Waals surface area contributed by atoms with Gasteiger partial charge in [-0.2, -0.15) is 0 Å². The Labute approximate surface area is 193 Å². The van der Waals surface area contributed by atoms with E-state index in [1.54, 1.807) is 18.1 Å². The predicted octanol–water partition coefficient (Wildman–Crippen LogP) is 4.12. The van der Waals surface area contributed by atoms with Gasteiger partial charge in [0.15, 0.2) is 0 Å². The fourth-order valence-electron chi connectivity index (χ4n) is 4.50. The van der Waals surface area contributed by atoms with Crippen molar-refractivity contribution in [2.24, 2.45) is 0 Å². The Morgan fingerprint density at radius 1 is 1.00 bits per heavy atom. The Bertz CT molecular complexity index is 903. The van der Waals surface area contributed by atoms with Crippen LogP contribution in [0.25, 0.3) is 6.08 Å². The highest BCUT2D eigenvalue weighted by Crippen LogP contribution is 2.35. The molecule has 1 aromatic carbocycles. The number of hydrogen-bond acceptors (Lipinski definition) is 6. The number of thioether (sulfide) groups is 1. The molecule has 4 rings (SSSR count). The number of anilines is 1. The van der Waals surface area contributed by atoms with Gasteiger partial charge in [-0.1, -0.05) is 12.8 Å². The SMILES string of the molecule is COc1cc(N2CCCCC2)ccc1C=C1SC(=O)N(CC(=O)N2CCCCCC2)C1=O. The highest BCUT2D eigenvalue weighted by Gasteiger charge is 2.37. The maximum Gasteiger partial charge on any atom is 0.294 e. The number of carbonyl (C=O) groups excluding carboxylic acids is 3. The van der Waals surface area contributed by atoms with Crippen LogP contribution in [-0.4, -0.2) is 66.7 Å². The summed E-state index contributed by atoms with van der Waals surface area (Å²) in [5.74, 6) is 0.102. The van der Waals surface area contributed by atoms with Crippen molar-refractivity contribution < 1.29 is 19.1 Å². The quantitative estimate of drug-likeness (QED) is 0.620. The molecule has 32 heavy (non-hydrogen) atoms. The molecule has 3 amide bonds. The van der Waals surface area contributed by atoms with Gasteiger partial charge < -0.3 is 14.5 Å². The van der Waals surface area contributed by atoms with Crippen LogP contribution in [0.4, 0.5) is 10.5 Å². The molecule has 3 fully saturated rings. The first-order valence-corrected chi connectivity index (χ1v) is 12.3. The molecule has 0 bridgehead atoms. The Balaban J connectivity index is 1.47. The summed E-state index contributed by atoms with van der Waals surface area (Å²) in [4.78, 5) is 43.6. The molecule has 0 saturated carbocycles. The zero-order valence-electron chi connectivity index (χ0n) is 18.7. The van der Waals surface area contributed by atoms with E-state index >= 15 is 0 Å². The summed E-state index contributed by atoms with van der Waals surface area (Å²) in [6, 6.07) is 5.95. The van der Waals surface area contributed by atoms with Crippen LogP contribution in [0.5, 0.6) is 5.75 Å². The second-order valence-corrected chi connectivity index (χ2v) is 9.53. The minimum absolute atomic E-state index is 0.154. The van der Waals surface area contributed by atoms with Crippen LogP contribution in [0.1, 0.15) is 50.5 Å². The third-order valence-electron chi connectivity index (χ3n) is 6.35. The summed E-state index contributed by atoms with van der Waals surface area (Å²) in [5.41, 5.74) is 1.85. The molecule has 1 aromatic rings. The Kier molecular flexibility index (Phi) is 7.40. The molecule has 7 nitrogen and oxygen atoms in total. The van der Waals surface area contributed by atoms with Gasteiger partial charge in [0.25, 0.3) is 11.1 Å². The van der Waals surface area contributed by atoms with Crippen LogP contribution in [0.15, 0.2) is 23.1 Å². The summed E-state index contributed by atoms with van der Waals surface area (Å²) in [5, 5.41) is -0.395. The van der Waals surface area contributed by atoms with Crippen LogP contribution >= 0.6 is 11.8 Å². The van der Waals surface area contributed by atoms with Gasteiger partial charge in [-0.05, 0) is 62.1 Å². The Hall–Kier alpha value is -2.48. The minimum atomic E-state index is -0.412. The van der Waals surface area contributed by atoms with E-state index < -0.39 is 11.1 Å². The van der Waals surface area contributed by atoms with Crippen LogP contribution in [0, 0.1) is 0 Å². The maximum atomic E-state index is 12.9. The second-order valence-electron chi connectivity index (χ2n) is 8.54. The molecule has 0 aliphatic carbocycles. The maximum absolute atomic E-state index is 12.9. The first-order valence-electron chi connectivity index (χ1n) is 11.5.